The van der Waals surface area contributed by atoms with Gasteiger partial charge in [-0.25, -0.2) is 0 Å². The van der Waals surface area contributed by atoms with Crippen molar-refractivity contribution < 1.29 is 4.79 Å². The average molecular weight is 355 g/mol. The number of hydrogen-bond donors (Lipinski definition) is 0. The van der Waals surface area contributed by atoms with E-state index in [-0.39, 0.29) is 5.91 Å². The van der Waals surface area contributed by atoms with Crippen LogP contribution in [0.1, 0.15) is 44.1 Å². The van der Waals surface area contributed by atoms with Gasteiger partial charge in [0, 0.05) is 36.7 Å². The van der Waals surface area contributed by atoms with Gasteiger partial charge in [0.1, 0.15) is 0 Å². The summed E-state index contributed by atoms with van der Waals surface area (Å²) in [5.74, 6) is 0.236. The molecule has 1 aliphatic carbocycles. The molecule has 1 fully saturated rings. The van der Waals surface area contributed by atoms with Crippen LogP contribution in [0.2, 0.25) is 0 Å². The summed E-state index contributed by atoms with van der Waals surface area (Å²) in [5, 5.41) is 0. The van der Waals surface area contributed by atoms with Crippen LogP contribution in [0.15, 0.2) is 24.3 Å². The molecule has 0 bridgehead atoms. The average Bonchev–Trinajstić information content (AvgIpc) is 3.08. The van der Waals surface area contributed by atoms with E-state index in [4.69, 9.17) is 0 Å². The molecule has 0 N–H and O–H groups in total. The Morgan fingerprint density at radius 1 is 1.04 bits per heavy atom. The first-order valence-corrected chi connectivity index (χ1v) is 10.2. The summed E-state index contributed by atoms with van der Waals surface area (Å²) in [5.41, 5.74) is 5.43. The molecule has 3 nitrogen and oxygen atoms in total. The van der Waals surface area contributed by atoms with Crippen molar-refractivity contribution in [1.29, 1.82) is 0 Å². The number of aryl methyl sites for hydroxylation is 3. The summed E-state index contributed by atoms with van der Waals surface area (Å²) in [6.45, 7) is 7.82. The number of carbonyl (C=O) groups excluding carboxylic acids is 1. The minimum Gasteiger partial charge on any atom is -0.368 e. The second-order valence-electron chi connectivity index (χ2n) is 7.26. The zero-order valence-electron chi connectivity index (χ0n) is 15.2. The molecule has 0 saturated carbocycles. The van der Waals surface area contributed by atoms with Gasteiger partial charge in [-0.15, -0.1) is 11.3 Å². The monoisotopic (exact) mass is 354 g/mol. The maximum Gasteiger partial charge on any atom is 0.264 e. The number of fused-ring (bicyclic) bond motifs is 1. The third kappa shape index (κ3) is 3.20. The van der Waals surface area contributed by atoms with Crippen molar-refractivity contribution in [2.45, 2.75) is 39.5 Å². The SMILES string of the molecule is Cc1cccc(N2CCN(C(=O)c3cc4c(s3)CCCC4)CC2)c1C. The van der Waals surface area contributed by atoms with E-state index in [0.29, 0.717) is 0 Å². The Hall–Kier alpha value is -1.81. The van der Waals surface area contributed by atoms with Crippen molar-refractivity contribution >= 4 is 22.9 Å². The van der Waals surface area contributed by atoms with Crippen molar-refractivity contribution in [3.8, 4) is 0 Å². The lowest BCUT2D eigenvalue weighted by atomic mass is 9.99. The number of thiophene rings is 1. The summed E-state index contributed by atoms with van der Waals surface area (Å²) in [6.07, 6.45) is 4.86. The maximum atomic E-state index is 12.9. The Morgan fingerprint density at radius 3 is 2.56 bits per heavy atom. The number of piperazine rings is 1. The highest BCUT2D eigenvalue weighted by Gasteiger charge is 2.25. The molecule has 4 heteroatoms. The molecule has 0 unspecified atom stereocenters. The molecular weight excluding hydrogens is 328 g/mol. The summed E-state index contributed by atoms with van der Waals surface area (Å²) < 4.78 is 0. The zero-order valence-corrected chi connectivity index (χ0v) is 16.0. The fourth-order valence-corrected chi connectivity index (χ4v) is 5.20. The molecule has 25 heavy (non-hydrogen) atoms. The van der Waals surface area contributed by atoms with E-state index in [0.717, 1.165) is 43.9 Å². The number of amides is 1. The summed E-state index contributed by atoms with van der Waals surface area (Å²) in [7, 11) is 0. The van der Waals surface area contributed by atoms with Crippen LogP contribution in [0.3, 0.4) is 0 Å². The Morgan fingerprint density at radius 2 is 1.80 bits per heavy atom. The fraction of sp³-hybridized carbons (Fsp3) is 0.476. The lowest BCUT2D eigenvalue weighted by Crippen LogP contribution is -2.48. The Kier molecular flexibility index (Phi) is 4.55. The molecule has 1 saturated heterocycles. The number of rotatable bonds is 2. The minimum atomic E-state index is 0.236. The Bertz CT molecular complexity index is 764. The molecule has 2 heterocycles. The van der Waals surface area contributed by atoms with Crippen LogP contribution in [0, 0.1) is 13.8 Å². The molecule has 1 amide bonds. The van der Waals surface area contributed by atoms with Crippen LogP contribution in [0.5, 0.6) is 0 Å². The number of carbonyl (C=O) groups is 1. The fourth-order valence-electron chi connectivity index (χ4n) is 3.98. The van der Waals surface area contributed by atoms with E-state index < -0.39 is 0 Å². The first-order valence-electron chi connectivity index (χ1n) is 9.35. The lowest BCUT2D eigenvalue weighted by molar-refractivity contribution is 0.0751. The van der Waals surface area contributed by atoms with Gasteiger partial charge >= 0.3 is 0 Å². The molecule has 1 aliphatic heterocycles. The van der Waals surface area contributed by atoms with Crippen LogP contribution in [-0.2, 0) is 12.8 Å². The molecule has 2 aromatic rings. The van der Waals surface area contributed by atoms with E-state index in [1.807, 2.05) is 4.90 Å². The topological polar surface area (TPSA) is 23.6 Å². The first kappa shape index (κ1) is 16.6. The van der Waals surface area contributed by atoms with E-state index in [2.05, 4.69) is 43.0 Å². The molecule has 1 aromatic heterocycles. The van der Waals surface area contributed by atoms with Crippen molar-refractivity contribution in [1.82, 2.24) is 4.90 Å². The van der Waals surface area contributed by atoms with Crippen LogP contribution in [0.4, 0.5) is 5.69 Å². The van der Waals surface area contributed by atoms with E-state index in [1.165, 1.54) is 40.1 Å². The second kappa shape index (κ2) is 6.83. The smallest absolute Gasteiger partial charge is 0.264 e. The van der Waals surface area contributed by atoms with Gasteiger partial charge in [0.2, 0.25) is 0 Å². The number of anilines is 1. The normalized spacial score (nSPS) is 17.5. The van der Waals surface area contributed by atoms with Crippen molar-refractivity contribution in [2.75, 3.05) is 31.1 Å². The molecule has 2 aliphatic rings. The molecule has 0 atom stereocenters. The standard InChI is InChI=1S/C21H26N2OS/c1-15-6-5-8-18(16(15)2)22-10-12-23(13-11-22)21(24)20-14-17-7-3-4-9-19(17)25-20/h5-6,8,14H,3-4,7,9-13H2,1-2H3. The highest BCUT2D eigenvalue weighted by Crippen LogP contribution is 2.31. The number of nitrogens with zero attached hydrogens (tertiary/aromatic N) is 2. The summed E-state index contributed by atoms with van der Waals surface area (Å²) >= 11 is 1.73. The minimum absolute atomic E-state index is 0.236. The van der Waals surface area contributed by atoms with Crippen molar-refractivity contribution in [2.24, 2.45) is 0 Å². The van der Waals surface area contributed by atoms with Crippen LogP contribution in [0.25, 0.3) is 0 Å². The van der Waals surface area contributed by atoms with E-state index >= 15 is 0 Å². The van der Waals surface area contributed by atoms with Gasteiger partial charge in [0.25, 0.3) is 5.91 Å². The van der Waals surface area contributed by atoms with E-state index in [9.17, 15) is 4.79 Å². The Labute approximate surface area is 154 Å². The third-order valence-corrected chi connectivity index (χ3v) is 6.92. The third-order valence-electron chi connectivity index (χ3n) is 5.69. The molecule has 0 spiro atoms. The van der Waals surface area contributed by atoms with Gasteiger partial charge in [-0.2, -0.15) is 0 Å². The van der Waals surface area contributed by atoms with Gasteiger partial charge in [-0.1, -0.05) is 12.1 Å². The largest absolute Gasteiger partial charge is 0.368 e. The summed E-state index contributed by atoms with van der Waals surface area (Å²) in [6, 6.07) is 8.66. The van der Waals surface area contributed by atoms with Gasteiger partial charge in [0.15, 0.2) is 0 Å². The zero-order chi connectivity index (χ0) is 17.4. The quantitative estimate of drug-likeness (QED) is 0.807. The van der Waals surface area contributed by atoms with Crippen LogP contribution < -0.4 is 4.90 Å². The predicted octanol–water partition coefficient (Wildman–Crippen LogP) is 4.21. The number of benzene rings is 1. The van der Waals surface area contributed by atoms with E-state index in [1.54, 1.807) is 11.3 Å². The van der Waals surface area contributed by atoms with Crippen LogP contribution in [-0.4, -0.2) is 37.0 Å². The highest BCUT2D eigenvalue weighted by molar-refractivity contribution is 7.14. The Balaban J connectivity index is 1.44. The van der Waals surface area contributed by atoms with Crippen molar-refractivity contribution in [3.63, 3.8) is 0 Å². The van der Waals surface area contributed by atoms with Gasteiger partial charge in [-0.05, 0) is 68.4 Å². The first-order chi connectivity index (χ1) is 12.1. The maximum absolute atomic E-state index is 12.9. The van der Waals surface area contributed by atoms with Crippen molar-refractivity contribution in [3.05, 3.63) is 50.7 Å². The molecule has 132 valence electrons. The molecule has 0 radical (unpaired) electrons. The van der Waals surface area contributed by atoms with Gasteiger partial charge in [-0.3, -0.25) is 4.79 Å². The van der Waals surface area contributed by atoms with Gasteiger partial charge < -0.3 is 9.80 Å². The second-order valence-corrected chi connectivity index (χ2v) is 8.40. The summed E-state index contributed by atoms with van der Waals surface area (Å²) in [4.78, 5) is 19.8. The highest BCUT2D eigenvalue weighted by atomic mass is 32.1. The van der Waals surface area contributed by atoms with Gasteiger partial charge in [0.05, 0.1) is 4.88 Å². The molecule has 4 rings (SSSR count). The van der Waals surface area contributed by atoms with Crippen LogP contribution >= 0.6 is 11.3 Å². The lowest BCUT2D eigenvalue weighted by Gasteiger charge is -2.37. The molecular formula is C21H26N2OS. The predicted molar refractivity (Wildman–Crippen MR) is 105 cm³/mol. The number of hydrogen-bond acceptors (Lipinski definition) is 3. The molecule has 1 aromatic carbocycles.